The Balaban J connectivity index is 0.000000241. The molecule has 1 rings (SSSR count). The van der Waals surface area contributed by atoms with Crippen molar-refractivity contribution in [3.8, 4) is 0 Å². The molecule has 0 bridgehead atoms. The fraction of sp³-hybridized carbons (Fsp3) is 0.500. The van der Waals surface area contributed by atoms with Crippen molar-refractivity contribution < 1.29 is 19.2 Å². The van der Waals surface area contributed by atoms with E-state index in [0.717, 1.165) is 0 Å². The average Bonchev–Trinajstić information content (AvgIpc) is 2.32. The lowest BCUT2D eigenvalue weighted by molar-refractivity contribution is -0.125. The summed E-state index contributed by atoms with van der Waals surface area (Å²) in [6.45, 7) is 2.81. The second-order valence-electron chi connectivity index (χ2n) is 2.85. The van der Waals surface area contributed by atoms with Crippen LogP contribution in [0.1, 0.15) is 26.7 Å². The molecule has 0 unspecified atom stereocenters. The van der Waals surface area contributed by atoms with Gasteiger partial charge in [-0.05, 0) is 13.8 Å². The number of hydrogen-bond acceptors (Lipinski definition) is 4. The highest BCUT2D eigenvalue weighted by Crippen LogP contribution is 1.83. The van der Waals surface area contributed by atoms with E-state index in [1.54, 1.807) is 0 Å². The maximum absolute atomic E-state index is 10.1. The van der Waals surface area contributed by atoms with Gasteiger partial charge >= 0.3 is 0 Å². The predicted octanol–water partition coefficient (Wildman–Crippen LogP) is -0.908. The number of carbonyl (C=O) groups excluding carboxylic acids is 4. The maximum Gasteiger partial charge on any atom is 0.247 e. The Morgan fingerprint density at radius 1 is 1.07 bits per heavy atom. The minimum Gasteiger partial charge on any atom is -0.300 e. The van der Waals surface area contributed by atoms with Gasteiger partial charge in [0.15, 0.2) is 0 Å². The number of nitrogens with one attached hydrogen (secondary N) is 2. The number of rotatable bonds is 2. The summed E-state index contributed by atoms with van der Waals surface area (Å²) in [5.74, 6) is -0.644. The van der Waals surface area contributed by atoms with Crippen LogP contribution in [0.5, 0.6) is 0 Å². The van der Waals surface area contributed by atoms with Gasteiger partial charge in [0.25, 0.3) is 0 Å². The Morgan fingerprint density at radius 2 is 1.43 bits per heavy atom. The number of Topliss-reactive ketones (excluding diaryl/α,β-unsaturated/α-hetero) is 2. The van der Waals surface area contributed by atoms with Crippen LogP contribution >= 0.6 is 0 Å². The van der Waals surface area contributed by atoms with E-state index in [0.29, 0.717) is 0 Å². The standard InChI is InChI=1S/C5H8O2.C3H4N2O2/c1-4(6)3-5(2)7;6-2-1-3(7)5-4-2/h3H2,1-2H3;1H2,(H,4,6)(H,5,7). The third kappa shape index (κ3) is 6.96. The Labute approximate surface area is 81.0 Å². The summed E-state index contributed by atoms with van der Waals surface area (Å²) in [6, 6.07) is 0. The van der Waals surface area contributed by atoms with Crippen LogP contribution in [0, 0.1) is 0 Å². The van der Waals surface area contributed by atoms with Gasteiger partial charge in [0.05, 0.1) is 6.42 Å². The molecule has 0 saturated carbocycles. The van der Waals surface area contributed by atoms with E-state index in [-0.39, 0.29) is 36.2 Å². The number of ketones is 2. The highest BCUT2D eigenvalue weighted by atomic mass is 16.2. The molecule has 0 aliphatic carbocycles. The predicted molar refractivity (Wildman–Crippen MR) is 46.9 cm³/mol. The van der Waals surface area contributed by atoms with Gasteiger partial charge in [-0.15, -0.1) is 0 Å². The lowest BCUT2D eigenvalue weighted by Crippen LogP contribution is -2.28. The molecule has 2 amide bonds. The zero-order valence-corrected chi connectivity index (χ0v) is 8.05. The van der Waals surface area contributed by atoms with Gasteiger partial charge in [0, 0.05) is 0 Å². The Morgan fingerprint density at radius 3 is 1.50 bits per heavy atom. The summed E-state index contributed by atoms with van der Waals surface area (Å²) < 4.78 is 0. The normalized spacial score (nSPS) is 13.6. The van der Waals surface area contributed by atoms with Crippen LogP contribution in [-0.2, 0) is 19.2 Å². The topological polar surface area (TPSA) is 92.3 Å². The lowest BCUT2D eigenvalue weighted by atomic mass is 10.2. The smallest absolute Gasteiger partial charge is 0.247 e. The third-order valence-corrected chi connectivity index (χ3v) is 1.16. The van der Waals surface area contributed by atoms with Crippen molar-refractivity contribution in [2.24, 2.45) is 0 Å². The molecule has 14 heavy (non-hydrogen) atoms. The van der Waals surface area contributed by atoms with Crippen LogP contribution in [0.4, 0.5) is 0 Å². The van der Waals surface area contributed by atoms with Gasteiger partial charge in [0.2, 0.25) is 11.8 Å². The molecule has 0 spiro atoms. The summed E-state index contributed by atoms with van der Waals surface area (Å²) in [5, 5.41) is 0. The number of carbonyl (C=O) groups is 4. The van der Waals surface area contributed by atoms with E-state index in [9.17, 15) is 19.2 Å². The van der Waals surface area contributed by atoms with Gasteiger partial charge in [-0.2, -0.15) is 0 Å². The van der Waals surface area contributed by atoms with E-state index in [4.69, 9.17) is 0 Å². The Bertz CT molecular complexity index is 247. The highest BCUT2D eigenvalue weighted by Gasteiger charge is 2.15. The average molecular weight is 200 g/mol. The van der Waals surface area contributed by atoms with Crippen molar-refractivity contribution >= 4 is 23.4 Å². The van der Waals surface area contributed by atoms with Crippen LogP contribution in [-0.4, -0.2) is 23.4 Å². The SMILES string of the molecule is CC(=O)CC(C)=O.O=C1CC(=O)NN1. The van der Waals surface area contributed by atoms with Crippen molar-refractivity contribution in [2.45, 2.75) is 26.7 Å². The Kier molecular flexibility index (Phi) is 5.13. The first kappa shape index (κ1) is 12.3. The van der Waals surface area contributed by atoms with Crippen LogP contribution < -0.4 is 10.9 Å². The molecule has 0 aromatic rings. The molecule has 1 saturated heterocycles. The molecule has 0 aromatic carbocycles. The molecule has 1 heterocycles. The minimum absolute atomic E-state index is 0.0278. The van der Waals surface area contributed by atoms with Crippen molar-refractivity contribution in [1.82, 2.24) is 10.9 Å². The van der Waals surface area contributed by atoms with E-state index >= 15 is 0 Å². The fourth-order valence-corrected chi connectivity index (χ4v) is 0.724. The van der Waals surface area contributed by atoms with E-state index in [1.165, 1.54) is 13.8 Å². The molecule has 6 nitrogen and oxygen atoms in total. The molecular formula is C8H12N2O4. The first-order chi connectivity index (χ1) is 6.41. The molecule has 0 atom stereocenters. The van der Waals surface area contributed by atoms with E-state index < -0.39 is 0 Å². The molecule has 0 aromatic heterocycles. The van der Waals surface area contributed by atoms with Crippen LogP contribution in [0.2, 0.25) is 0 Å². The van der Waals surface area contributed by atoms with E-state index in [1.807, 2.05) is 0 Å². The summed E-state index contributed by atoms with van der Waals surface area (Å²) >= 11 is 0. The molecule has 1 aliphatic rings. The summed E-state index contributed by atoms with van der Waals surface area (Å²) in [4.78, 5) is 40.2. The summed E-state index contributed by atoms with van der Waals surface area (Å²) in [5.41, 5.74) is 4.26. The molecule has 78 valence electrons. The first-order valence-electron chi connectivity index (χ1n) is 3.98. The van der Waals surface area contributed by atoms with Gasteiger partial charge in [0.1, 0.15) is 18.0 Å². The zero-order valence-electron chi connectivity index (χ0n) is 8.05. The third-order valence-electron chi connectivity index (χ3n) is 1.16. The maximum atomic E-state index is 10.1. The number of hydrogen-bond donors (Lipinski definition) is 2. The fourth-order valence-electron chi connectivity index (χ4n) is 0.724. The van der Waals surface area contributed by atoms with Crippen molar-refractivity contribution in [3.05, 3.63) is 0 Å². The van der Waals surface area contributed by atoms with Crippen molar-refractivity contribution in [2.75, 3.05) is 0 Å². The highest BCUT2D eigenvalue weighted by molar-refractivity contribution is 6.01. The van der Waals surface area contributed by atoms with Gasteiger partial charge in [-0.1, -0.05) is 0 Å². The largest absolute Gasteiger partial charge is 0.300 e. The minimum atomic E-state index is -0.259. The summed E-state index contributed by atoms with van der Waals surface area (Å²) in [7, 11) is 0. The molecule has 6 heteroatoms. The molecule has 1 aliphatic heterocycles. The van der Waals surface area contributed by atoms with Gasteiger partial charge in [-0.3, -0.25) is 30.0 Å². The van der Waals surface area contributed by atoms with Gasteiger partial charge < -0.3 is 0 Å². The molecule has 2 N–H and O–H groups in total. The molecule has 1 fully saturated rings. The number of hydrazine groups is 1. The second kappa shape index (κ2) is 5.85. The monoisotopic (exact) mass is 200 g/mol. The zero-order chi connectivity index (χ0) is 11.1. The number of amides is 2. The van der Waals surface area contributed by atoms with Crippen molar-refractivity contribution in [3.63, 3.8) is 0 Å². The van der Waals surface area contributed by atoms with Crippen LogP contribution in [0.25, 0.3) is 0 Å². The van der Waals surface area contributed by atoms with E-state index in [2.05, 4.69) is 10.9 Å². The Hall–Kier alpha value is -1.72. The summed E-state index contributed by atoms with van der Waals surface area (Å²) in [6.07, 6.45) is 0.0556. The molecule has 0 radical (unpaired) electrons. The second-order valence-corrected chi connectivity index (χ2v) is 2.85. The molecular weight excluding hydrogens is 188 g/mol. The van der Waals surface area contributed by atoms with Crippen molar-refractivity contribution in [1.29, 1.82) is 0 Å². The quantitative estimate of drug-likeness (QED) is 0.564. The lowest BCUT2D eigenvalue weighted by Gasteiger charge is -1.83. The van der Waals surface area contributed by atoms with Crippen LogP contribution in [0.3, 0.4) is 0 Å². The van der Waals surface area contributed by atoms with Crippen LogP contribution in [0.15, 0.2) is 0 Å². The first-order valence-corrected chi connectivity index (χ1v) is 3.98. The van der Waals surface area contributed by atoms with Gasteiger partial charge in [-0.25, -0.2) is 0 Å².